The van der Waals surface area contributed by atoms with Gasteiger partial charge in [0.05, 0.1) is 18.7 Å². The van der Waals surface area contributed by atoms with Crippen molar-refractivity contribution in [3.8, 4) is 6.07 Å². The number of nitrogens with zero attached hydrogens (tertiary/aromatic N) is 1. The maximum atomic E-state index is 12.0. The first-order valence-corrected chi connectivity index (χ1v) is 7.43. The minimum Gasteiger partial charge on any atom is -0.467 e. The number of aliphatic hydroxyl groups excluding tert-OH is 1. The third kappa shape index (κ3) is 5.72. The number of rotatable bonds is 7. The summed E-state index contributed by atoms with van der Waals surface area (Å²) < 4.78 is 4.70. The molecule has 0 saturated carbocycles. The van der Waals surface area contributed by atoms with Crippen LogP contribution in [-0.4, -0.2) is 36.2 Å². The fourth-order valence-electron chi connectivity index (χ4n) is 2.18. The molecule has 1 amide bonds. The Hall–Kier alpha value is -2.39. The maximum absolute atomic E-state index is 12.0. The molecule has 0 radical (unpaired) electrons. The number of ether oxygens (including phenoxy) is 1. The second-order valence-corrected chi connectivity index (χ2v) is 5.70. The van der Waals surface area contributed by atoms with Crippen LogP contribution in [0.5, 0.6) is 0 Å². The molecule has 2 N–H and O–H groups in total. The molecule has 0 fully saturated rings. The molecule has 1 aromatic rings. The highest BCUT2D eigenvalue weighted by atomic mass is 16.5. The van der Waals surface area contributed by atoms with Crippen LogP contribution in [0.25, 0.3) is 0 Å². The van der Waals surface area contributed by atoms with E-state index in [1.165, 1.54) is 7.11 Å². The molecule has 0 aliphatic rings. The minimum absolute atomic E-state index is 0.122. The molecule has 23 heavy (non-hydrogen) atoms. The summed E-state index contributed by atoms with van der Waals surface area (Å²) in [6.45, 7) is 3.77. The molecule has 124 valence electrons. The lowest BCUT2D eigenvalue weighted by molar-refractivity contribution is -0.146. The number of carbonyl (C=O) groups is 2. The van der Waals surface area contributed by atoms with E-state index in [1.54, 1.807) is 24.3 Å². The molecule has 0 spiro atoms. The van der Waals surface area contributed by atoms with Crippen molar-refractivity contribution < 1.29 is 19.4 Å². The molecule has 1 aromatic carbocycles. The molecule has 0 aromatic heterocycles. The molecule has 1 rings (SSSR count). The highest BCUT2D eigenvalue weighted by Gasteiger charge is 2.26. The smallest absolute Gasteiger partial charge is 0.328 e. The lowest BCUT2D eigenvalue weighted by Crippen LogP contribution is -2.47. The summed E-state index contributed by atoms with van der Waals surface area (Å²) in [5.41, 5.74) is 1.06. The van der Waals surface area contributed by atoms with Crippen molar-refractivity contribution in [1.82, 2.24) is 5.32 Å². The highest BCUT2D eigenvalue weighted by Crippen LogP contribution is 2.12. The van der Waals surface area contributed by atoms with E-state index in [2.05, 4.69) is 5.32 Å². The van der Waals surface area contributed by atoms with Gasteiger partial charge in [-0.3, -0.25) is 4.79 Å². The van der Waals surface area contributed by atoms with E-state index in [0.717, 1.165) is 0 Å². The van der Waals surface area contributed by atoms with E-state index in [1.807, 2.05) is 19.9 Å². The Morgan fingerprint density at radius 3 is 2.57 bits per heavy atom. The van der Waals surface area contributed by atoms with Crippen LogP contribution >= 0.6 is 0 Å². The van der Waals surface area contributed by atoms with Crippen LogP contribution in [0.1, 0.15) is 31.4 Å². The summed E-state index contributed by atoms with van der Waals surface area (Å²) in [5.74, 6) is -1.10. The summed E-state index contributed by atoms with van der Waals surface area (Å²) in [5, 5.41) is 21.4. The Balaban J connectivity index is 2.87. The van der Waals surface area contributed by atoms with E-state index in [-0.39, 0.29) is 12.3 Å². The Morgan fingerprint density at radius 2 is 2.00 bits per heavy atom. The molecule has 0 unspecified atom stereocenters. The van der Waals surface area contributed by atoms with Gasteiger partial charge in [-0.1, -0.05) is 32.0 Å². The number of carbonyl (C=O) groups excluding carboxylic acids is 2. The second kappa shape index (κ2) is 8.91. The molecule has 6 nitrogen and oxygen atoms in total. The minimum atomic E-state index is -1.19. The predicted octanol–water partition coefficient (Wildman–Crippen LogP) is 1.17. The molecule has 0 aliphatic carbocycles. The number of aliphatic hydroxyl groups is 1. The molecule has 0 heterocycles. The first-order valence-electron chi connectivity index (χ1n) is 7.43. The number of esters is 1. The van der Waals surface area contributed by atoms with E-state index in [4.69, 9.17) is 10.00 Å². The normalized spacial score (nSPS) is 13.0. The number of hydrogen-bond acceptors (Lipinski definition) is 5. The van der Waals surface area contributed by atoms with Crippen LogP contribution in [0.15, 0.2) is 24.3 Å². The van der Waals surface area contributed by atoms with Gasteiger partial charge in [0.1, 0.15) is 12.1 Å². The summed E-state index contributed by atoms with van der Waals surface area (Å²) in [4.78, 5) is 23.9. The number of hydrogen-bond donors (Lipinski definition) is 2. The maximum Gasteiger partial charge on any atom is 0.328 e. The fraction of sp³-hybridized carbons (Fsp3) is 0.471. The Kier molecular flexibility index (Phi) is 7.23. The topological polar surface area (TPSA) is 99.4 Å². The summed E-state index contributed by atoms with van der Waals surface area (Å²) in [7, 11) is 1.22. The zero-order chi connectivity index (χ0) is 17.4. The van der Waals surface area contributed by atoms with Crippen LogP contribution in [0.2, 0.25) is 0 Å². The first kappa shape index (κ1) is 18.7. The van der Waals surface area contributed by atoms with E-state index in [9.17, 15) is 14.7 Å². The Labute approximate surface area is 136 Å². The molecule has 0 bridgehead atoms. The van der Waals surface area contributed by atoms with E-state index < -0.39 is 24.0 Å². The van der Waals surface area contributed by atoms with Crippen LogP contribution in [-0.2, 0) is 20.7 Å². The lowest BCUT2D eigenvalue weighted by Gasteiger charge is -2.20. The Morgan fingerprint density at radius 1 is 1.35 bits per heavy atom. The summed E-state index contributed by atoms with van der Waals surface area (Å²) >= 11 is 0. The van der Waals surface area contributed by atoms with Gasteiger partial charge in [-0.05, 0) is 24.0 Å². The number of methoxy groups -OCH3 is 1. The highest BCUT2D eigenvalue weighted by molar-refractivity contribution is 5.87. The summed E-state index contributed by atoms with van der Waals surface area (Å²) in [6, 6.07) is 7.91. The number of amides is 1. The monoisotopic (exact) mass is 318 g/mol. The SMILES string of the molecule is COC(=O)[C@@H](Cc1ccccc1C#N)NC(=O)[C@@H](O)CC(C)C. The summed E-state index contributed by atoms with van der Waals surface area (Å²) in [6.07, 6.45) is -0.765. The predicted molar refractivity (Wildman–Crippen MR) is 84.3 cm³/mol. The average Bonchev–Trinajstić information content (AvgIpc) is 2.53. The van der Waals surface area contributed by atoms with Gasteiger partial charge in [-0.2, -0.15) is 5.26 Å². The first-order chi connectivity index (χ1) is 10.9. The quantitative estimate of drug-likeness (QED) is 0.735. The largest absolute Gasteiger partial charge is 0.467 e. The zero-order valence-electron chi connectivity index (χ0n) is 13.6. The van der Waals surface area contributed by atoms with Gasteiger partial charge in [0.2, 0.25) is 5.91 Å². The van der Waals surface area contributed by atoms with Gasteiger partial charge in [-0.25, -0.2) is 4.79 Å². The third-order valence-corrected chi connectivity index (χ3v) is 3.36. The van der Waals surface area contributed by atoms with Crippen molar-refractivity contribution in [3.63, 3.8) is 0 Å². The van der Waals surface area contributed by atoms with Crippen molar-refractivity contribution in [2.45, 2.75) is 38.8 Å². The van der Waals surface area contributed by atoms with Gasteiger partial charge in [0.25, 0.3) is 0 Å². The third-order valence-electron chi connectivity index (χ3n) is 3.36. The van der Waals surface area contributed by atoms with E-state index in [0.29, 0.717) is 17.5 Å². The zero-order valence-corrected chi connectivity index (χ0v) is 13.6. The van der Waals surface area contributed by atoms with Crippen LogP contribution in [0.3, 0.4) is 0 Å². The molecule has 2 atom stereocenters. The molecule has 6 heteroatoms. The van der Waals surface area contributed by atoms with Crippen molar-refractivity contribution in [1.29, 1.82) is 5.26 Å². The van der Waals surface area contributed by atoms with Crippen molar-refractivity contribution >= 4 is 11.9 Å². The second-order valence-electron chi connectivity index (χ2n) is 5.70. The van der Waals surface area contributed by atoms with Crippen LogP contribution < -0.4 is 5.32 Å². The van der Waals surface area contributed by atoms with Gasteiger partial charge in [-0.15, -0.1) is 0 Å². The van der Waals surface area contributed by atoms with Gasteiger partial charge < -0.3 is 15.2 Å². The van der Waals surface area contributed by atoms with Gasteiger partial charge >= 0.3 is 5.97 Å². The van der Waals surface area contributed by atoms with Gasteiger partial charge in [0.15, 0.2) is 0 Å². The average molecular weight is 318 g/mol. The molecular weight excluding hydrogens is 296 g/mol. The van der Waals surface area contributed by atoms with Crippen LogP contribution in [0, 0.1) is 17.2 Å². The standard InChI is InChI=1S/C17H22N2O4/c1-11(2)8-15(20)16(21)19-14(17(22)23-3)9-12-6-4-5-7-13(12)10-18/h4-7,11,14-15,20H,8-9H2,1-3H3,(H,19,21)/t14-,15+/m1/s1. The van der Waals surface area contributed by atoms with Crippen LogP contribution in [0.4, 0.5) is 0 Å². The molecule has 0 aliphatic heterocycles. The van der Waals surface area contributed by atoms with Crippen molar-refractivity contribution in [2.24, 2.45) is 5.92 Å². The molecular formula is C17H22N2O4. The number of nitriles is 1. The van der Waals surface area contributed by atoms with Gasteiger partial charge in [0, 0.05) is 6.42 Å². The van der Waals surface area contributed by atoms with Crippen molar-refractivity contribution in [3.05, 3.63) is 35.4 Å². The number of nitrogens with one attached hydrogen (secondary N) is 1. The number of benzene rings is 1. The fourth-order valence-corrected chi connectivity index (χ4v) is 2.18. The van der Waals surface area contributed by atoms with E-state index >= 15 is 0 Å². The van der Waals surface area contributed by atoms with Crippen molar-refractivity contribution in [2.75, 3.05) is 7.11 Å². The molecule has 0 saturated heterocycles. The lowest BCUT2D eigenvalue weighted by atomic mass is 10.00. The Bertz CT molecular complexity index is 593.